The van der Waals surface area contributed by atoms with Crippen LogP contribution in [0.25, 0.3) is 11.1 Å². The highest BCUT2D eigenvalue weighted by atomic mass is 16.5. The first kappa shape index (κ1) is 24.8. The Bertz CT molecular complexity index is 1050. The van der Waals surface area contributed by atoms with Gasteiger partial charge in [0.2, 0.25) is 5.91 Å². The number of nitrogens with one attached hydrogen (secondary N) is 2. The number of carboxylic acid groups (broad SMARTS) is 1. The third-order valence-electron chi connectivity index (χ3n) is 7.47. The molecule has 0 aromatic heterocycles. The van der Waals surface area contributed by atoms with Gasteiger partial charge in [-0.2, -0.15) is 0 Å². The third-order valence-corrected chi connectivity index (χ3v) is 7.47. The second-order valence-corrected chi connectivity index (χ2v) is 9.88. The van der Waals surface area contributed by atoms with Gasteiger partial charge in [-0.05, 0) is 54.4 Å². The Hall–Kier alpha value is -3.35. The first-order chi connectivity index (χ1) is 16.8. The van der Waals surface area contributed by atoms with Crippen molar-refractivity contribution in [2.75, 3.05) is 13.2 Å². The quantitative estimate of drug-likeness (QED) is 0.485. The molecule has 2 aliphatic rings. The van der Waals surface area contributed by atoms with Crippen molar-refractivity contribution in [2.45, 2.75) is 57.4 Å². The lowest BCUT2D eigenvalue weighted by molar-refractivity contribution is -0.148. The third kappa shape index (κ3) is 5.19. The molecule has 0 aliphatic heterocycles. The lowest BCUT2D eigenvalue weighted by atomic mass is 9.91. The smallest absolute Gasteiger partial charge is 0.407 e. The average molecular weight is 479 g/mol. The molecule has 2 aromatic carbocycles. The Labute approximate surface area is 206 Å². The molecule has 1 saturated carbocycles. The van der Waals surface area contributed by atoms with E-state index in [4.69, 9.17) is 4.74 Å². The molecule has 0 saturated heterocycles. The number of carbonyl (C=O) groups excluding carboxylic acids is 2. The summed E-state index contributed by atoms with van der Waals surface area (Å²) in [5.74, 6) is -1.65. The number of alkyl carbamates (subject to hydrolysis) is 1. The molecule has 0 spiro atoms. The average Bonchev–Trinajstić information content (AvgIpc) is 3.44. The number of aliphatic carboxylic acids is 1. The molecule has 35 heavy (non-hydrogen) atoms. The van der Waals surface area contributed by atoms with Crippen LogP contribution in [0, 0.1) is 11.8 Å². The van der Waals surface area contributed by atoms with Crippen molar-refractivity contribution in [3.05, 3.63) is 59.7 Å². The van der Waals surface area contributed by atoms with Crippen LogP contribution in [0.1, 0.15) is 63.0 Å². The van der Waals surface area contributed by atoms with Crippen molar-refractivity contribution in [1.29, 1.82) is 0 Å². The van der Waals surface area contributed by atoms with E-state index in [2.05, 4.69) is 34.9 Å². The minimum absolute atomic E-state index is 0.00887. The van der Waals surface area contributed by atoms with Gasteiger partial charge in [-0.3, -0.25) is 4.79 Å². The molecule has 7 heteroatoms. The molecule has 1 unspecified atom stereocenters. The molecule has 0 bridgehead atoms. The highest BCUT2D eigenvalue weighted by Crippen LogP contribution is 2.44. The number of amides is 2. The van der Waals surface area contributed by atoms with Crippen LogP contribution in [0.15, 0.2) is 48.5 Å². The van der Waals surface area contributed by atoms with E-state index in [1.165, 1.54) is 11.1 Å². The number of hydrogen-bond acceptors (Lipinski definition) is 4. The first-order valence-electron chi connectivity index (χ1n) is 12.5. The van der Waals surface area contributed by atoms with Gasteiger partial charge < -0.3 is 20.5 Å². The summed E-state index contributed by atoms with van der Waals surface area (Å²) in [5.41, 5.74) is 3.38. The van der Waals surface area contributed by atoms with Crippen LogP contribution in [0.5, 0.6) is 0 Å². The van der Waals surface area contributed by atoms with E-state index in [1.807, 2.05) is 31.2 Å². The van der Waals surface area contributed by atoms with E-state index in [0.717, 1.165) is 24.0 Å². The number of ether oxygens (including phenoxy) is 1. The Morgan fingerprint density at radius 1 is 1.03 bits per heavy atom. The van der Waals surface area contributed by atoms with Crippen LogP contribution in [0.3, 0.4) is 0 Å². The summed E-state index contributed by atoms with van der Waals surface area (Å²) >= 11 is 0. The van der Waals surface area contributed by atoms with Crippen molar-refractivity contribution in [3.8, 4) is 11.1 Å². The monoisotopic (exact) mass is 478 g/mol. The molecule has 3 atom stereocenters. The molecule has 0 heterocycles. The molecule has 2 aromatic rings. The van der Waals surface area contributed by atoms with Gasteiger partial charge in [-0.25, -0.2) is 9.59 Å². The van der Waals surface area contributed by atoms with Crippen LogP contribution < -0.4 is 10.6 Å². The summed E-state index contributed by atoms with van der Waals surface area (Å²) in [7, 11) is 0. The maximum atomic E-state index is 12.9. The topological polar surface area (TPSA) is 105 Å². The van der Waals surface area contributed by atoms with E-state index in [0.29, 0.717) is 25.8 Å². The van der Waals surface area contributed by atoms with Gasteiger partial charge in [-0.1, -0.05) is 68.3 Å². The number of carbonyl (C=O) groups is 3. The van der Waals surface area contributed by atoms with Gasteiger partial charge in [0.25, 0.3) is 0 Å². The Morgan fingerprint density at radius 3 is 2.26 bits per heavy atom. The van der Waals surface area contributed by atoms with E-state index < -0.39 is 17.6 Å². The lowest BCUT2D eigenvalue weighted by Gasteiger charge is -2.29. The molecule has 1 fully saturated rings. The molecule has 2 aliphatic carbocycles. The van der Waals surface area contributed by atoms with Crippen molar-refractivity contribution in [3.63, 3.8) is 0 Å². The van der Waals surface area contributed by atoms with Crippen LogP contribution in [0.2, 0.25) is 0 Å². The Morgan fingerprint density at radius 2 is 1.66 bits per heavy atom. The number of fused-ring (bicyclic) bond motifs is 3. The Balaban J connectivity index is 1.32. The minimum Gasteiger partial charge on any atom is -0.480 e. The second kappa shape index (κ2) is 10.5. The van der Waals surface area contributed by atoms with Crippen LogP contribution >= 0.6 is 0 Å². The highest BCUT2D eigenvalue weighted by molar-refractivity contribution is 5.88. The van der Waals surface area contributed by atoms with Crippen LogP contribution in [-0.4, -0.2) is 41.8 Å². The van der Waals surface area contributed by atoms with Gasteiger partial charge in [-0.15, -0.1) is 0 Å². The predicted octanol–water partition coefficient (Wildman–Crippen LogP) is 4.70. The van der Waals surface area contributed by atoms with Crippen molar-refractivity contribution in [2.24, 2.45) is 11.8 Å². The fourth-order valence-corrected chi connectivity index (χ4v) is 5.58. The minimum atomic E-state index is -1.28. The van der Waals surface area contributed by atoms with Crippen LogP contribution in [0.4, 0.5) is 4.79 Å². The zero-order chi connectivity index (χ0) is 25.0. The normalized spacial score (nSPS) is 20.4. The van der Waals surface area contributed by atoms with Crippen LogP contribution in [-0.2, 0) is 14.3 Å². The molecular weight excluding hydrogens is 444 g/mol. The summed E-state index contributed by atoms with van der Waals surface area (Å²) in [6, 6.07) is 16.4. The largest absolute Gasteiger partial charge is 0.480 e. The van der Waals surface area contributed by atoms with Gasteiger partial charge >= 0.3 is 12.1 Å². The predicted molar refractivity (Wildman–Crippen MR) is 133 cm³/mol. The fourth-order valence-electron chi connectivity index (χ4n) is 5.58. The fraction of sp³-hybridized carbons (Fsp3) is 0.464. The SMILES string of the molecule is CCCC(C)(NC(=O)[C@H]1CCC[C@H]1CNC(=O)OCC1c2ccccc2-c2ccccc21)C(=O)O. The number of carboxylic acids is 1. The van der Waals surface area contributed by atoms with E-state index in [-0.39, 0.29) is 30.3 Å². The summed E-state index contributed by atoms with van der Waals surface area (Å²) in [4.78, 5) is 37.2. The number of hydrogen-bond donors (Lipinski definition) is 3. The summed E-state index contributed by atoms with van der Waals surface area (Å²) in [6.07, 6.45) is 2.87. The lowest BCUT2D eigenvalue weighted by Crippen LogP contribution is -2.54. The van der Waals surface area contributed by atoms with Gasteiger partial charge in [0, 0.05) is 18.4 Å². The standard InChI is InChI=1S/C28H34N2O5/c1-3-15-28(2,26(32)33)30-25(31)19-14-8-9-18(19)16-29-27(34)35-17-24-22-12-6-4-10-20(22)21-11-5-7-13-23(21)24/h4-7,10-13,18-19,24H,3,8-9,14-17H2,1-2H3,(H,29,34)(H,30,31)(H,32,33)/t18-,19-,28?/m0/s1. The molecule has 3 N–H and O–H groups in total. The molecule has 0 radical (unpaired) electrons. The maximum Gasteiger partial charge on any atom is 0.407 e. The van der Waals surface area contributed by atoms with E-state index in [1.54, 1.807) is 6.92 Å². The van der Waals surface area contributed by atoms with Crippen molar-refractivity contribution < 1.29 is 24.2 Å². The second-order valence-electron chi connectivity index (χ2n) is 9.88. The number of rotatable bonds is 9. The maximum absolute atomic E-state index is 12.9. The molecule has 186 valence electrons. The molecule has 2 amide bonds. The molecule has 7 nitrogen and oxygen atoms in total. The molecule has 4 rings (SSSR count). The first-order valence-corrected chi connectivity index (χ1v) is 12.5. The highest BCUT2D eigenvalue weighted by Gasteiger charge is 2.39. The van der Waals surface area contributed by atoms with E-state index in [9.17, 15) is 19.5 Å². The van der Waals surface area contributed by atoms with E-state index >= 15 is 0 Å². The zero-order valence-corrected chi connectivity index (χ0v) is 20.4. The van der Waals surface area contributed by atoms with Gasteiger partial charge in [0.05, 0.1) is 0 Å². The number of benzene rings is 2. The van der Waals surface area contributed by atoms with Crippen molar-refractivity contribution in [1.82, 2.24) is 10.6 Å². The molecular formula is C28H34N2O5. The van der Waals surface area contributed by atoms with Gasteiger partial charge in [0.15, 0.2) is 0 Å². The van der Waals surface area contributed by atoms with Gasteiger partial charge in [0.1, 0.15) is 12.1 Å². The Kier molecular flexibility index (Phi) is 7.43. The van der Waals surface area contributed by atoms with Crippen molar-refractivity contribution >= 4 is 18.0 Å². The summed E-state index contributed by atoms with van der Waals surface area (Å²) < 4.78 is 5.61. The summed E-state index contributed by atoms with van der Waals surface area (Å²) in [5, 5.41) is 15.2. The summed E-state index contributed by atoms with van der Waals surface area (Å²) in [6.45, 7) is 4.01. The zero-order valence-electron chi connectivity index (χ0n) is 20.4.